The lowest BCUT2D eigenvalue weighted by Crippen LogP contribution is -2.39. The molecule has 0 spiro atoms. The van der Waals surface area contributed by atoms with Crippen molar-refractivity contribution >= 4 is 5.91 Å². The molecule has 3 heteroatoms. The van der Waals surface area contributed by atoms with Gasteiger partial charge in [0.25, 0.3) is 0 Å². The van der Waals surface area contributed by atoms with Crippen molar-refractivity contribution in [2.24, 2.45) is 17.6 Å². The summed E-state index contributed by atoms with van der Waals surface area (Å²) in [7, 11) is 0. The normalized spacial score (nSPS) is 26.6. The Balaban J connectivity index is 1.63. The summed E-state index contributed by atoms with van der Waals surface area (Å²) in [5, 5.41) is 3.22. The SMILES string of the molecule is Cc1ccccc1C1(CNC(=O)[C@@H]2CCC[C@@H]2CN)CC1. The van der Waals surface area contributed by atoms with Crippen LogP contribution in [0.25, 0.3) is 0 Å². The highest BCUT2D eigenvalue weighted by molar-refractivity contribution is 5.79. The molecule has 1 aromatic carbocycles. The summed E-state index contributed by atoms with van der Waals surface area (Å²) < 4.78 is 0. The molecule has 2 aliphatic rings. The van der Waals surface area contributed by atoms with Crippen LogP contribution >= 0.6 is 0 Å². The minimum Gasteiger partial charge on any atom is -0.355 e. The van der Waals surface area contributed by atoms with E-state index in [1.807, 2.05) is 0 Å². The van der Waals surface area contributed by atoms with Gasteiger partial charge in [0.05, 0.1) is 0 Å². The number of nitrogens with one attached hydrogen (secondary N) is 1. The van der Waals surface area contributed by atoms with Crippen LogP contribution in [0.3, 0.4) is 0 Å². The van der Waals surface area contributed by atoms with E-state index in [9.17, 15) is 4.79 Å². The molecule has 0 saturated heterocycles. The minimum atomic E-state index is 0.141. The first-order valence-corrected chi connectivity index (χ1v) is 8.20. The third-order valence-electron chi connectivity index (χ3n) is 5.47. The van der Waals surface area contributed by atoms with Gasteiger partial charge in [0.15, 0.2) is 0 Å². The molecule has 1 amide bonds. The van der Waals surface area contributed by atoms with E-state index < -0.39 is 0 Å². The number of hydrogen-bond donors (Lipinski definition) is 2. The van der Waals surface area contributed by atoms with Crippen LogP contribution in [0.2, 0.25) is 0 Å². The highest BCUT2D eigenvalue weighted by Gasteiger charge is 2.45. The minimum absolute atomic E-state index is 0.141. The zero-order chi connectivity index (χ0) is 14.9. The Morgan fingerprint density at radius 2 is 2.10 bits per heavy atom. The van der Waals surface area contributed by atoms with Crippen molar-refractivity contribution in [2.45, 2.75) is 44.4 Å². The fourth-order valence-corrected chi connectivity index (χ4v) is 3.91. The van der Waals surface area contributed by atoms with Crippen molar-refractivity contribution in [3.8, 4) is 0 Å². The Hall–Kier alpha value is -1.35. The number of carbonyl (C=O) groups is 1. The van der Waals surface area contributed by atoms with Crippen LogP contribution in [0, 0.1) is 18.8 Å². The van der Waals surface area contributed by atoms with E-state index in [2.05, 4.69) is 36.5 Å². The van der Waals surface area contributed by atoms with Crippen LogP contribution in [-0.4, -0.2) is 19.0 Å². The van der Waals surface area contributed by atoms with E-state index in [4.69, 9.17) is 5.73 Å². The summed E-state index contributed by atoms with van der Waals surface area (Å²) in [6.07, 6.45) is 5.62. The van der Waals surface area contributed by atoms with Crippen molar-refractivity contribution < 1.29 is 4.79 Å². The van der Waals surface area contributed by atoms with Gasteiger partial charge < -0.3 is 11.1 Å². The molecule has 0 aliphatic heterocycles. The van der Waals surface area contributed by atoms with Crippen LogP contribution in [0.4, 0.5) is 0 Å². The summed E-state index contributed by atoms with van der Waals surface area (Å²) in [6.45, 7) is 3.59. The maximum absolute atomic E-state index is 12.4. The van der Waals surface area contributed by atoms with Gasteiger partial charge in [-0.3, -0.25) is 4.79 Å². The van der Waals surface area contributed by atoms with Gasteiger partial charge in [-0.2, -0.15) is 0 Å². The van der Waals surface area contributed by atoms with Gasteiger partial charge in [-0.25, -0.2) is 0 Å². The van der Waals surface area contributed by atoms with Crippen molar-refractivity contribution in [3.05, 3.63) is 35.4 Å². The van der Waals surface area contributed by atoms with Crippen molar-refractivity contribution in [2.75, 3.05) is 13.1 Å². The Morgan fingerprint density at radius 3 is 2.76 bits per heavy atom. The lowest BCUT2D eigenvalue weighted by Gasteiger charge is -2.22. The standard InChI is InChI=1S/C18H26N2O/c1-13-5-2-3-8-16(13)18(9-10-18)12-20-17(21)15-7-4-6-14(15)11-19/h2-3,5,8,14-15H,4,6-7,9-12,19H2,1H3,(H,20,21)/t14-,15-/m1/s1. The molecule has 21 heavy (non-hydrogen) atoms. The zero-order valence-corrected chi connectivity index (χ0v) is 12.9. The molecule has 114 valence electrons. The summed E-state index contributed by atoms with van der Waals surface area (Å²) in [4.78, 5) is 12.4. The predicted octanol–water partition coefficient (Wildman–Crippen LogP) is 2.52. The quantitative estimate of drug-likeness (QED) is 0.874. The van der Waals surface area contributed by atoms with Crippen LogP contribution in [-0.2, 0) is 10.2 Å². The summed E-state index contributed by atoms with van der Waals surface area (Å²) in [5.41, 5.74) is 8.73. The Kier molecular flexibility index (Phi) is 4.03. The second-order valence-corrected chi connectivity index (χ2v) is 6.85. The fraction of sp³-hybridized carbons (Fsp3) is 0.611. The van der Waals surface area contributed by atoms with Gasteiger partial charge in [-0.15, -0.1) is 0 Å². The smallest absolute Gasteiger partial charge is 0.223 e. The molecule has 2 saturated carbocycles. The average molecular weight is 286 g/mol. The van der Waals surface area contributed by atoms with E-state index in [1.165, 1.54) is 24.0 Å². The van der Waals surface area contributed by atoms with Gasteiger partial charge in [-0.05, 0) is 56.2 Å². The van der Waals surface area contributed by atoms with Gasteiger partial charge in [0.2, 0.25) is 5.91 Å². The molecule has 2 atom stereocenters. The van der Waals surface area contributed by atoms with Crippen LogP contribution in [0.5, 0.6) is 0 Å². The molecule has 2 aliphatic carbocycles. The average Bonchev–Trinajstić information content (AvgIpc) is 3.12. The van der Waals surface area contributed by atoms with Crippen molar-refractivity contribution in [3.63, 3.8) is 0 Å². The Bertz CT molecular complexity index is 522. The van der Waals surface area contributed by atoms with E-state index >= 15 is 0 Å². The molecule has 0 heterocycles. The molecule has 3 nitrogen and oxygen atoms in total. The molecule has 1 aromatic rings. The topological polar surface area (TPSA) is 55.1 Å². The van der Waals surface area contributed by atoms with Gasteiger partial charge in [0, 0.05) is 17.9 Å². The van der Waals surface area contributed by atoms with Crippen molar-refractivity contribution in [1.82, 2.24) is 5.32 Å². The highest BCUT2D eigenvalue weighted by atomic mass is 16.1. The van der Waals surface area contributed by atoms with Crippen LogP contribution in [0.15, 0.2) is 24.3 Å². The highest BCUT2D eigenvalue weighted by Crippen LogP contribution is 2.48. The van der Waals surface area contributed by atoms with Crippen LogP contribution < -0.4 is 11.1 Å². The van der Waals surface area contributed by atoms with Gasteiger partial charge >= 0.3 is 0 Å². The number of hydrogen-bond acceptors (Lipinski definition) is 2. The molecular weight excluding hydrogens is 260 g/mol. The Labute approximate surface area is 127 Å². The number of nitrogens with two attached hydrogens (primary N) is 1. The van der Waals surface area contributed by atoms with Crippen LogP contribution in [0.1, 0.15) is 43.2 Å². The Morgan fingerprint density at radius 1 is 1.33 bits per heavy atom. The second-order valence-electron chi connectivity index (χ2n) is 6.85. The lowest BCUT2D eigenvalue weighted by molar-refractivity contribution is -0.126. The molecular formula is C18H26N2O. The van der Waals surface area contributed by atoms with E-state index in [-0.39, 0.29) is 17.2 Å². The summed E-state index contributed by atoms with van der Waals surface area (Å²) in [5.74, 6) is 0.754. The molecule has 0 unspecified atom stereocenters. The molecule has 3 rings (SSSR count). The number of rotatable bonds is 5. The second kappa shape index (κ2) is 5.80. The van der Waals surface area contributed by atoms with E-state index in [0.717, 1.165) is 25.8 Å². The summed E-state index contributed by atoms with van der Waals surface area (Å²) >= 11 is 0. The lowest BCUT2D eigenvalue weighted by atomic mass is 9.91. The number of amides is 1. The number of carbonyl (C=O) groups excluding carboxylic acids is 1. The first-order valence-electron chi connectivity index (χ1n) is 8.20. The third kappa shape index (κ3) is 2.84. The molecule has 0 radical (unpaired) electrons. The molecule has 2 fully saturated rings. The maximum Gasteiger partial charge on any atom is 0.223 e. The number of aryl methyl sites for hydroxylation is 1. The third-order valence-corrected chi connectivity index (χ3v) is 5.47. The largest absolute Gasteiger partial charge is 0.355 e. The monoisotopic (exact) mass is 286 g/mol. The molecule has 3 N–H and O–H groups in total. The van der Waals surface area contributed by atoms with Gasteiger partial charge in [0.1, 0.15) is 0 Å². The van der Waals surface area contributed by atoms with E-state index in [0.29, 0.717) is 12.5 Å². The summed E-state index contributed by atoms with van der Waals surface area (Å²) in [6, 6.07) is 8.56. The zero-order valence-electron chi connectivity index (χ0n) is 12.9. The van der Waals surface area contributed by atoms with Gasteiger partial charge in [-0.1, -0.05) is 30.7 Å². The first-order chi connectivity index (χ1) is 10.2. The number of benzene rings is 1. The fourth-order valence-electron chi connectivity index (χ4n) is 3.91. The molecule has 0 bridgehead atoms. The first kappa shape index (κ1) is 14.6. The molecule has 0 aromatic heterocycles. The van der Waals surface area contributed by atoms with Crippen molar-refractivity contribution in [1.29, 1.82) is 0 Å². The maximum atomic E-state index is 12.4. The van der Waals surface area contributed by atoms with E-state index in [1.54, 1.807) is 0 Å². The predicted molar refractivity (Wildman–Crippen MR) is 85.0 cm³/mol.